The van der Waals surface area contributed by atoms with E-state index in [0.717, 1.165) is 44.9 Å². The van der Waals surface area contributed by atoms with Crippen LogP contribution < -0.4 is 5.32 Å². The second-order valence-corrected chi connectivity index (χ2v) is 24.9. The number of ether oxygens (including phenoxy) is 1. The van der Waals surface area contributed by atoms with Gasteiger partial charge in [0.15, 0.2) is 0 Å². The van der Waals surface area contributed by atoms with Crippen LogP contribution in [-0.2, 0) is 14.3 Å². The molecule has 0 aromatic rings. The van der Waals surface area contributed by atoms with Crippen LogP contribution in [-0.4, -0.2) is 47.4 Å². The van der Waals surface area contributed by atoms with Crippen molar-refractivity contribution >= 4 is 11.9 Å². The van der Waals surface area contributed by atoms with Crippen LogP contribution >= 0.6 is 0 Å². The molecule has 0 aromatic heterocycles. The Morgan fingerprint density at radius 2 is 0.633 bits per heavy atom. The zero-order valence-corrected chi connectivity index (χ0v) is 53.6. The van der Waals surface area contributed by atoms with E-state index in [-0.39, 0.29) is 18.5 Å². The van der Waals surface area contributed by atoms with Crippen molar-refractivity contribution in [1.82, 2.24) is 5.32 Å². The van der Waals surface area contributed by atoms with Crippen LogP contribution in [0, 0.1) is 0 Å². The number of allylic oxidation sites excluding steroid dienone is 4. The highest BCUT2D eigenvalue weighted by molar-refractivity contribution is 5.76. The summed E-state index contributed by atoms with van der Waals surface area (Å²) >= 11 is 0. The molecule has 0 aliphatic rings. The molecule has 0 bridgehead atoms. The third kappa shape index (κ3) is 65.4. The zero-order chi connectivity index (χ0) is 57.1. The smallest absolute Gasteiger partial charge is 0.305 e. The van der Waals surface area contributed by atoms with Crippen molar-refractivity contribution in [3.05, 3.63) is 24.3 Å². The molecule has 6 nitrogen and oxygen atoms in total. The van der Waals surface area contributed by atoms with Gasteiger partial charge in [-0.05, 0) is 57.8 Å². The summed E-state index contributed by atoms with van der Waals surface area (Å²) in [4.78, 5) is 24.6. The molecule has 6 heteroatoms. The fraction of sp³-hybridized carbons (Fsp3) is 0.918. The van der Waals surface area contributed by atoms with E-state index in [4.69, 9.17) is 4.74 Å². The minimum atomic E-state index is -0.663. The van der Waals surface area contributed by atoms with E-state index in [1.54, 1.807) is 0 Å². The van der Waals surface area contributed by atoms with Crippen LogP contribution in [0.2, 0.25) is 0 Å². The van der Waals surface area contributed by atoms with Gasteiger partial charge in [-0.3, -0.25) is 9.59 Å². The Kier molecular flexibility index (Phi) is 67.4. The number of unbranched alkanes of at least 4 members (excludes halogenated alkanes) is 53. The van der Waals surface area contributed by atoms with Gasteiger partial charge in [0.05, 0.1) is 25.4 Å². The number of carbonyl (C=O) groups excluding carboxylic acids is 2. The van der Waals surface area contributed by atoms with Crippen molar-refractivity contribution in [2.75, 3.05) is 13.2 Å². The fourth-order valence-corrected chi connectivity index (χ4v) is 11.5. The number of aliphatic hydroxyl groups is 2. The predicted molar refractivity (Wildman–Crippen MR) is 347 cm³/mol. The topological polar surface area (TPSA) is 95.9 Å². The highest BCUT2D eigenvalue weighted by Crippen LogP contribution is 2.19. The van der Waals surface area contributed by atoms with Crippen LogP contribution in [0.5, 0.6) is 0 Å². The maximum Gasteiger partial charge on any atom is 0.305 e. The maximum atomic E-state index is 12.5. The number of carbonyl (C=O) groups is 2. The molecule has 0 rings (SSSR count). The number of esters is 1. The molecule has 0 heterocycles. The first-order valence-electron chi connectivity index (χ1n) is 36.1. The molecule has 2 atom stereocenters. The highest BCUT2D eigenvalue weighted by atomic mass is 16.5. The van der Waals surface area contributed by atoms with Crippen LogP contribution in [0.4, 0.5) is 0 Å². The Hall–Kier alpha value is -1.66. The van der Waals surface area contributed by atoms with Gasteiger partial charge in [-0.2, -0.15) is 0 Å². The molecule has 0 fully saturated rings. The average Bonchev–Trinajstić information content (AvgIpc) is 3.45. The summed E-state index contributed by atoms with van der Waals surface area (Å²) in [6.45, 7) is 4.99. The summed E-state index contributed by atoms with van der Waals surface area (Å²) in [6, 6.07) is -0.540. The number of hydrogen-bond acceptors (Lipinski definition) is 5. The van der Waals surface area contributed by atoms with Crippen molar-refractivity contribution < 1.29 is 24.5 Å². The molecule has 1 amide bonds. The first-order chi connectivity index (χ1) is 39.0. The lowest BCUT2D eigenvalue weighted by Gasteiger charge is -2.22. The van der Waals surface area contributed by atoms with Gasteiger partial charge in [-0.25, -0.2) is 0 Å². The van der Waals surface area contributed by atoms with Gasteiger partial charge >= 0.3 is 5.97 Å². The molecule has 0 aliphatic carbocycles. The Labute approximate surface area is 494 Å². The summed E-state index contributed by atoms with van der Waals surface area (Å²) < 4.78 is 5.50. The average molecular weight is 1110 g/mol. The monoisotopic (exact) mass is 1110 g/mol. The molecule has 0 spiro atoms. The molecule has 0 aromatic carbocycles. The summed E-state index contributed by atoms with van der Waals surface area (Å²) in [6.07, 6.45) is 86.7. The predicted octanol–water partition coefficient (Wildman–Crippen LogP) is 23.3. The Morgan fingerprint density at radius 1 is 0.354 bits per heavy atom. The van der Waals surface area contributed by atoms with E-state index < -0.39 is 12.1 Å². The number of amides is 1. The van der Waals surface area contributed by atoms with Gasteiger partial charge in [-0.15, -0.1) is 0 Å². The molecule has 0 saturated heterocycles. The zero-order valence-electron chi connectivity index (χ0n) is 53.6. The summed E-state index contributed by atoms with van der Waals surface area (Å²) in [5, 5.41) is 23.3. The third-order valence-corrected chi connectivity index (χ3v) is 17.0. The minimum Gasteiger partial charge on any atom is -0.466 e. The van der Waals surface area contributed by atoms with Crippen LogP contribution in [0.15, 0.2) is 24.3 Å². The Morgan fingerprint density at radius 3 is 0.962 bits per heavy atom. The van der Waals surface area contributed by atoms with Crippen LogP contribution in [0.25, 0.3) is 0 Å². The summed E-state index contributed by atoms with van der Waals surface area (Å²) in [5.41, 5.74) is 0. The van der Waals surface area contributed by atoms with Gasteiger partial charge in [0.1, 0.15) is 0 Å². The first-order valence-corrected chi connectivity index (χ1v) is 36.1. The second kappa shape index (κ2) is 68.8. The number of nitrogens with one attached hydrogen (secondary N) is 1. The number of aliphatic hydroxyl groups excluding tert-OH is 2. The van der Waals surface area contributed by atoms with E-state index >= 15 is 0 Å². The number of rotatable bonds is 68. The van der Waals surface area contributed by atoms with Crippen molar-refractivity contribution in [2.24, 2.45) is 0 Å². The van der Waals surface area contributed by atoms with Gasteiger partial charge in [0, 0.05) is 12.8 Å². The maximum absolute atomic E-state index is 12.5. The van der Waals surface area contributed by atoms with Gasteiger partial charge in [0.25, 0.3) is 0 Å². The van der Waals surface area contributed by atoms with E-state index in [1.165, 1.54) is 327 Å². The lowest BCUT2D eigenvalue weighted by molar-refractivity contribution is -0.143. The van der Waals surface area contributed by atoms with E-state index in [9.17, 15) is 19.8 Å². The van der Waals surface area contributed by atoms with Gasteiger partial charge < -0.3 is 20.3 Å². The Bertz CT molecular complexity index is 1230. The molecule has 468 valence electrons. The van der Waals surface area contributed by atoms with Gasteiger partial charge in [-0.1, -0.05) is 359 Å². The molecule has 0 aliphatic heterocycles. The Balaban J connectivity index is 3.36. The van der Waals surface area contributed by atoms with Crippen molar-refractivity contribution in [1.29, 1.82) is 0 Å². The van der Waals surface area contributed by atoms with E-state index in [1.807, 2.05) is 0 Å². The minimum absolute atomic E-state index is 0.0179. The van der Waals surface area contributed by atoms with Crippen molar-refractivity contribution in [3.8, 4) is 0 Å². The number of hydrogen-bond donors (Lipinski definition) is 3. The first kappa shape index (κ1) is 77.3. The highest BCUT2D eigenvalue weighted by Gasteiger charge is 2.20. The van der Waals surface area contributed by atoms with Crippen molar-refractivity contribution in [3.63, 3.8) is 0 Å². The van der Waals surface area contributed by atoms with Crippen LogP contribution in [0.3, 0.4) is 0 Å². The molecular formula is C73H141NO5. The molecule has 3 N–H and O–H groups in total. The molecule has 0 saturated carbocycles. The molecule has 79 heavy (non-hydrogen) atoms. The SMILES string of the molecule is CCCCCCCCCCCCCCCCCCCC(=O)OCCCCCCCCCCC/C=C\C/C=C\CCCCCCCCCCCCCCCCCC(=O)NC(CO)C(O)CCCCCCCCCCCCCCCC. The second-order valence-electron chi connectivity index (χ2n) is 24.9. The van der Waals surface area contributed by atoms with E-state index in [0.29, 0.717) is 25.9 Å². The standard InChI is InChI=1S/C73H141NO5/c1-3-5-7-9-11-13-15-17-19-35-39-43-47-51-55-59-63-67-73(78)79-68-64-60-56-52-48-44-40-37-34-32-30-28-26-24-22-20-21-23-25-27-29-31-33-36-38-42-46-50-54-58-62-66-72(77)74-70(69-75)71(76)65-61-57-53-49-45-41-18-16-14-12-10-8-6-4-2/h22,24,28,30,70-71,75-76H,3-21,23,25-27,29,31-69H2,1-2H3,(H,74,77)/b24-22-,30-28-. The molecular weight excluding hydrogens is 971 g/mol. The normalized spacial score (nSPS) is 12.6. The lowest BCUT2D eigenvalue weighted by Crippen LogP contribution is -2.45. The summed E-state index contributed by atoms with van der Waals surface area (Å²) in [5.74, 6) is -0.0139. The van der Waals surface area contributed by atoms with E-state index in [2.05, 4.69) is 43.5 Å². The van der Waals surface area contributed by atoms with Crippen molar-refractivity contribution in [2.45, 2.75) is 418 Å². The van der Waals surface area contributed by atoms with Gasteiger partial charge in [0.2, 0.25) is 5.91 Å². The lowest BCUT2D eigenvalue weighted by atomic mass is 10.0. The molecule has 2 unspecified atom stereocenters. The largest absolute Gasteiger partial charge is 0.466 e. The van der Waals surface area contributed by atoms with Crippen LogP contribution in [0.1, 0.15) is 406 Å². The molecule has 0 radical (unpaired) electrons. The third-order valence-electron chi connectivity index (χ3n) is 17.0. The summed E-state index contributed by atoms with van der Waals surface area (Å²) in [7, 11) is 0. The fourth-order valence-electron chi connectivity index (χ4n) is 11.5. The quantitative estimate of drug-likeness (QED) is 0.0320.